The van der Waals surface area contributed by atoms with Gasteiger partial charge >= 0.3 is 17.9 Å². The number of carbonyl (C=O) groups is 6. The summed E-state index contributed by atoms with van der Waals surface area (Å²) in [5.74, 6) is -10.1. The summed E-state index contributed by atoms with van der Waals surface area (Å²) >= 11 is 0. The Bertz CT molecular complexity index is 2400. The molecule has 3 amide bonds. The second-order valence-electron chi connectivity index (χ2n) is 22.3. The van der Waals surface area contributed by atoms with Gasteiger partial charge in [-0.05, 0) is 0 Å². The predicted octanol–water partition coefficient (Wildman–Crippen LogP) is -14.5. The first kappa shape index (κ1) is 75.7. The van der Waals surface area contributed by atoms with E-state index in [4.69, 9.17) is 67.3 Å². The Balaban J connectivity index is 1.12. The Morgan fingerprint density at radius 1 is 0.495 bits per heavy atom. The lowest BCUT2D eigenvalue weighted by Crippen LogP contribution is -2.71. The van der Waals surface area contributed by atoms with Crippen LogP contribution in [-0.4, -0.2) is 369 Å². The van der Waals surface area contributed by atoms with Crippen molar-refractivity contribution in [2.24, 2.45) is 5.73 Å². The zero-order chi connectivity index (χ0) is 67.8. The number of esters is 1. The maximum atomic E-state index is 13.0. The van der Waals surface area contributed by atoms with E-state index < -0.39 is 284 Å². The van der Waals surface area contributed by atoms with Crippen molar-refractivity contribution in [1.82, 2.24) is 16.0 Å². The van der Waals surface area contributed by atoms with Crippen LogP contribution in [0.25, 0.3) is 0 Å². The van der Waals surface area contributed by atoms with Gasteiger partial charge in [0.15, 0.2) is 31.5 Å². The number of carboxylic acids is 2. The maximum absolute atomic E-state index is 13.0. The smallest absolute Gasteiger partial charge is 0.364 e. The molecule has 524 valence electrons. The van der Waals surface area contributed by atoms with Crippen LogP contribution in [0.3, 0.4) is 0 Å². The Hall–Kier alpha value is -4.34. The van der Waals surface area contributed by atoms with Gasteiger partial charge in [-0.3, -0.25) is 24.0 Å². The summed E-state index contributed by atoms with van der Waals surface area (Å²) in [5.41, 5.74) is 5.53. The summed E-state index contributed by atoms with van der Waals surface area (Å²) in [6.45, 7) is -3.05. The molecule has 0 spiro atoms. The fourth-order valence-electron chi connectivity index (χ4n) is 11.0. The number of hydrogen-bond acceptors (Lipinski definition) is 36. The summed E-state index contributed by atoms with van der Waals surface area (Å²) < 4.78 is 73.4. The standard InChI is InChI=1S/C50H82N4O37/c1-13(60)52-25-18(64)5-50(49(77)78,91-42(25)28(66)19(65)12-79-16(4)63)90-41-24(10-59)85-48(36(74)33(41)71)89-40-23(9-58)84-47(35(73)32(40)70)88-39-22(8-57)83-46(34(72)31(39)69)87-38-21(7-56)82-45(27(30(38)68)54-15(3)62)86-37-20(6-55)81-44(80-11-17(51)43(75)76)26(29(37)67)53-14(2)61/h17-42,44-48,55-59,64-74H,5-12,51H2,1-4H3,(H,52,60)(H,53,61)(H,54,62)(H,75,76)(H,77,78)/t17-,18-,19+,20+,21+,22+,23+,24+,25+,26+,27+,28+,29+,30+,31+,32+,33+,34+,35+,36+,37-,38+,39-,40-,41-,42+,44?,45?,46?,47?,48?,50+/m0/s1. The molecule has 6 aliphatic heterocycles. The molecule has 0 bridgehead atoms. The monoisotopic (exact) mass is 1330 g/mol. The average molecular weight is 1330 g/mol. The zero-order valence-corrected chi connectivity index (χ0v) is 48.9. The number of ether oxygens (including phenoxy) is 13. The second kappa shape index (κ2) is 32.9. The molecule has 6 fully saturated rings. The van der Waals surface area contributed by atoms with Gasteiger partial charge in [-0.15, -0.1) is 0 Å². The van der Waals surface area contributed by atoms with Crippen LogP contribution in [0.4, 0.5) is 0 Å². The van der Waals surface area contributed by atoms with Gasteiger partial charge in [0, 0.05) is 34.1 Å². The molecular weight excluding hydrogens is 1250 g/mol. The summed E-state index contributed by atoms with van der Waals surface area (Å²) in [4.78, 5) is 72.6. The lowest BCUT2D eigenvalue weighted by molar-refractivity contribution is -0.395. The first-order chi connectivity index (χ1) is 42.8. The van der Waals surface area contributed by atoms with Gasteiger partial charge in [0.25, 0.3) is 5.79 Å². The first-order valence-electron chi connectivity index (χ1n) is 28.3. The molecule has 32 atom stereocenters. The normalized spacial score (nSPS) is 43.1. The van der Waals surface area contributed by atoms with Crippen LogP contribution in [0.2, 0.25) is 0 Å². The van der Waals surface area contributed by atoms with E-state index in [0.717, 1.165) is 27.7 Å². The molecule has 0 saturated carbocycles. The first-order valence-corrected chi connectivity index (χ1v) is 28.3. The summed E-state index contributed by atoms with van der Waals surface area (Å²) in [6.07, 6.45) is -56.0. The van der Waals surface area contributed by atoms with Crippen LogP contribution in [0.5, 0.6) is 0 Å². The molecule has 6 rings (SSSR count). The third kappa shape index (κ3) is 17.6. The lowest BCUT2D eigenvalue weighted by atomic mass is 9.88. The van der Waals surface area contributed by atoms with E-state index in [9.17, 15) is 121 Å². The van der Waals surface area contributed by atoms with Gasteiger partial charge in [-0.25, -0.2) is 4.79 Å². The third-order valence-corrected chi connectivity index (χ3v) is 15.6. The van der Waals surface area contributed by atoms with Crippen LogP contribution in [0.1, 0.15) is 34.1 Å². The Morgan fingerprint density at radius 3 is 1.23 bits per heavy atom. The van der Waals surface area contributed by atoms with E-state index in [-0.39, 0.29) is 0 Å². The van der Waals surface area contributed by atoms with Crippen LogP contribution < -0.4 is 21.7 Å². The van der Waals surface area contributed by atoms with Crippen LogP contribution in [0, 0.1) is 0 Å². The molecule has 6 heterocycles. The summed E-state index contributed by atoms with van der Waals surface area (Å²) in [5, 5.41) is 204. The van der Waals surface area contributed by atoms with Crippen LogP contribution >= 0.6 is 0 Å². The minimum Gasteiger partial charge on any atom is -0.480 e. The maximum Gasteiger partial charge on any atom is 0.364 e. The highest BCUT2D eigenvalue weighted by molar-refractivity contribution is 5.77. The largest absolute Gasteiger partial charge is 0.480 e. The number of amides is 3. The van der Waals surface area contributed by atoms with Crippen molar-refractivity contribution in [3.63, 3.8) is 0 Å². The van der Waals surface area contributed by atoms with Crippen molar-refractivity contribution in [2.75, 3.05) is 46.2 Å². The van der Waals surface area contributed by atoms with E-state index in [1.165, 1.54) is 0 Å². The number of carbonyl (C=O) groups excluding carboxylic acids is 4. The molecule has 6 saturated heterocycles. The number of aliphatic hydroxyl groups is 16. The van der Waals surface area contributed by atoms with Gasteiger partial charge in [0.05, 0.1) is 51.8 Å². The molecule has 6 aliphatic rings. The van der Waals surface area contributed by atoms with Gasteiger partial charge < -0.3 is 175 Å². The molecule has 5 unspecified atom stereocenters. The van der Waals surface area contributed by atoms with Crippen molar-refractivity contribution < 1.29 is 182 Å². The molecule has 41 nitrogen and oxygen atoms in total. The van der Waals surface area contributed by atoms with Crippen LogP contribution in [0.15, 0.2) is 0 Å². The highest BCUT2D eigenvalue weighted by Gasteiger charge is 2.61. The quantitative estimate of drug-likeness (QED) is 0.0340. The van der Waals surface area contributed by atoms with Crippen molar-refractivity contribution in [2.45, 2.75) is 230 Å². The van der Waals surface area contributed by atoms with Crippen molar-refractivity contribution in [3.05, 3.63) is 0 Å². The molecule has 91 heavy (non-hydrogen) atoms. The predicted molar refractivity (Wildman–Crippen MR) is 280 cm³/mol. The minimum absolute atomic E-state index is 0.701. The van der Waals surface area contributed by atoms with Crippen molar-refractivity contribution in [1.29, 1.82) is 0 Å². The highest BCUT2D eigenvalue weighted by Crippen LogP contribution is 2.40. The van der Waals surface area contributed by atoms with Crippen LogP contribution in [-0.2, 0) is 90.3 Å². The number of rotatable bonds is 27. The Morgan fingerprint density at radius 2 is 0.846 bits per heavy atom. The third-order valence-electron chi connectivity index (χ3n) is 15.6. The number of carboxylic acid groups (broad SMARTS) is 2. The number of nitrogens with one attached hydrogen (secondary N) is 3. The number of hydrogen-bond donors (Lipinski definition) is 22. The molecule has 0 radical (unpaired) electrons. The molecule has 23 N–H and O–H groups in total. The van der Waals surface area contributed by atoms with Gasteiger partial charge in [-0.2, -0.15) is 0 Å². The van der Waals surface area contributed by atoms with Crippen molar-refractivity contribution >= 4 is 35.6 Å². The van der Waals surface area contributed by atoms with E-state index in [1.54, 1.807) is 0 Å². The lowest BCUT2D eigenvalue weighted by Gasteiger charge is -2.51. The van der Waals surface area contributed by atoms with Gasteiger partial charge in [0.1, 0.15) is 153 Å². The molecular formula is C50H82N4O37. The highest BCUT2D eigenvalue weighted by atomic mass is 16.8. The van der Waals surface area contributed by atoms with Gasteiger partial charge in [0.2, 0.25) is 17.7 Å². The Labute approximate surface area is 514 Å². The average Bonchev–Trinajstić information content (AvgIpc) is 0.811. The van der Waals surface area contributed by atoms with E-state index >= 15 is 0 Å². The fourth-order valence-corrected chi connectivity index (χ4v) is 11.0. The van der Waals surface area contributed by atoms with Gasteiger partial charge in [-0.1, -0.05) is 0 Å². The summed E-state index contributed by atoms with van der Waals surface area (Å²) in [6, 6.07) is -6.58. The zero-order valence-electron chi connectivity index (χ0n) is 48.9. The summed E-state index contributed by atoms with van der Waals surface area (Å²) in [7, 11) is 0. The number of aliphatic carboxylic acids is 2. The number of nitrogens with two attached hydrogens (primary N) is 1. The molecule has 0 aromatic rings. The molecule has 0 aromatic heterocycles. The molecule has 41 heteroatoms. The fraction of sp³-hybridized carbons (Fsp3) is 0.880. The second-order valence-corrected chi connectivity index (χ2v) is 22.3. The van der Waals surface area contributed by atoms with E-state index in [1.807, 2.05) is 0 Å². The topological polar surface area (TPSA) is 649 Å². The number of aliphatic hydroxyl groups excluding tert-OH is 16. The Kier molecular flexibility index (Phi) is 27.3. The molecule has 0 aromatic carbocycles. The molecule has 0 aliphatic carbocycles. The van der Waals surface area contributed by atoms with Crippen molar-refractivity contribution in [3.8, 4) is 0 Å². The SMILES string of the molecule is CC(=O)N[C@H]1[C@H]([C@H](O)[C@H](O)COC(C)=O)O[C@@](O[C@@H]2[C@H](O)[C@@H](O)C(O[C@@H]3[C@H](O)[C@@H](O)C(O[C@@H]4[C@H](O)[C@@H](O)C(O[C@H]5[C@H](O)[C@@H](NC(C)=O)C(O[C@@H]6[C@H](O)[C@@H](NC(C)=O)C(OC[C@H](N)C(=O)O)O[C@@H]6CO)O[C@@H]5CO)O[C@@H]4CO)O[C@@H]3CO)O[C@@H]2CO)(C(=O)O)C[C@@H]1O. The van der Waals surface area contributed by atoms with E-state index in [0.29, 0.717) is 0 Å². The van der Waals surface area contributed by atoms with E-state index in [2.05, 4.69) is 16.0 Å². The minimum atomic E-state index is -3.17.